The van der Waals surface area contributed by atoms with Crippen LogP contribution in [0.2, 0.25) is 0 Å². The van der Waals surface area contributed by atoms with Gasteiger partial charge in [0.2, 0.25) is 0 Å². The quantitative estimate of drug-likeness (QED) is 0.112. The monoisotopic (exact) mass is 960 g/mol. The maximum absolute atomic E-state index is 13.6. The number of H-pyrrole nitrogens is 2. The summed E-state index contributed by atoms with van der Waals surface area (Å²) in [4.78, 5) is 59.5. The number of ketones is 2. The molecule has 4 aromatic carbocycles. The Morgan fingerprint density at radius 3 is 1.38 bits per heavy atom. The number of aromatic nitrogens is 4. The van der Waals surface area contributed by atoms with Crippen molar-refractivity contribution in [2.45, 2.75) is 0 Å². The first kappa shape index (κ1) is 46.0. The van der Waals surface area contributed by atoms with Gasteiger partial charge in [-0.15, -0.1) is 0 Å². The van der Waals surface area contributed by atoms with Gasteiger partial charge in [-0.25, -0.2) is 19.6 Å². The molecule has 2 aromatic heterocycles. The Hall–Kier alpha value is -7.46. The van der Waals surface area contributed by atoms with E-state index in [1.165, 1.54) is 5.69 Å². The fourth-order valence-electron chi connectivity index (χ4n) is 9.99. The minimum Gasteiger partial charge on any atom is -0.379 e. The van der Waals surface area contributed by atoms with E-state index in [2.05, 4.69) is 93.2 Å². The van der Waals surface area contributed by atoms with Gasteiger partial charge in [0.15, 0.2) is 11.6 Å². The molecule has 4 saturated heterocycles. The number of rotatable bonds is 8. The molecule has 6 aromatic rings. The third-order valence-electron chi connectivity index (χ3n) is 13.8. The number of hydrogen-bond donors (Lipinski definition) is 7. The molecule has 2 aliphatic carbocycles. The summed E-state index contributed by atoms with van der Waals surface area (Å²) in [5, 5.41) is 27.8. The van der Waals surface area contributed by atoms with E-state index in [9.17, 15) is 19.2 Å². The molecule has 20 heteroatoms. The van der Waals surface area contributed by atoms with Gasteiger partial charge in [-0.1, -0.05) is 48.5 Å². The molecule has 12 rings (SSSR count). The average molecular weight is 961 g/mol. The first-order chi connectivity index (χ1) is 34.8. The van der Waals surface area contributed by atoms with Crippen molar-refractivity contribution >= 4 is 46.4 Å². The molecule has 4 amide bonds. The number of likely N-dealkylation sites (N-methyl/N-ethyl adjacent to an activating group) is 1. The number of hydrazine groups is 2. The number of anilines is 4. The molecule has 0 radical (unpaired) electrons. The topological polar surface area (TPSA) is 220 Å². The van der Waals surface area contributed by atoms with E-state index in [0.29, 0.717) is 109 Å². The van der Waals surface area contributed by atoms with Gasteiger partial charge >= 0.3 is 12.1 Å². The zero-order chi connectivity index (χ0) is 48.4. The summed E-state index contributed by atoms with van der Waals surface area (Å²) >= 11 is 0. The molecule has 4 fully saturated rings. The van der Waals surface area contributed by atoms with Crippen LogP contribution in [0.25, 0.3) is 45.0 Å². The first-order valence-electron chi connectivity index (χ1n) is 24.2. The third kappa shape index (κ3) is 9.35. The lowest BCUT2D eigenvalue weighted by Crippen LogP contribution is -2.49. The highest BCUT2D eigenvalue weighted by Gasteiger charge is 2.37. The van der Waals surface area contributed by atoms with Gasteiger partial charge in [0.1, 0.15) is 11.4 Å². The predicted molar refractivity (Wildman–Crippen MR) is 270 cm³/mol. The molecule has 366 valence electrons. The van der Waals surface area contributed by atoms with Gasteiger partial charge in [-0.05, 0) is 43.4 Å². The highest BCUT2D eigenvalue weighted by Crippen LogP contribution is 2.44. The summed E-state index contributed by atoms with van der Waals surface area (Å²) in [6, 6.07) is 26.6. The summed E-state index contributed by atoms with van der Waals surface area (Å²) in [6.45, 7) is 12.7. The van der Waals surface area contributed by atoms with E-state index in [0.717, 1.165) is 80.3 Å². The van der Waals surface area contributed by atoms with E-state index < -0.39 is 0 Å². The molecule has 6 heterocycles. The summed E-state index contributed by atoms with van der Waals surface area (Å²) in [6.07, 6.45) is 0. The number of fused-ring (bicyclic) bond motifs is 6. The van der Waals surface area contributed by atoms with Crippen molar-refractivity contribution in [1.82, 2.24) is 51.5 Å². The molecule has 0 spiro atoms. The van der Waals surface area contributed by atoms with E-state index >= 15 is 0 Å². The van der Waals surface area contributed by atoms with Crippen LogP contribution in [-0.2, 0) is 9.47 Å². The Labute approximate surface area is 410 Å². The molecular formula is C51H56N14O6. The number of carbonyl (C=O) groups excluding carboxylic acids is 4. The molecular weight excluding hydrogens is 905 g/mol. The van der Waals surface area contributed by atoms with Gasteiger partial charge < -0.3 is 40.1 Å². The molecule has 0 atom stereocenters. The number of morpholine rings is 2. The van der Waals surface area contributed by atoms with Crippen LogP contribution in [-0.4, -0.2) is 171 Å². The summed E-state index contributed by atoms with van der Waals surface area (Å²) < 4.78 is 10.6. The number of carbonyl (C=O) groups is 4. The summed E-state index contributed by atoms with van der Waals surface area (Å²) in [5.41, 5.74) is 16.8. The molecule has 20 nitrogen and oxygen atoms in total. The number of piperazine rings is 2. The molecule has 6 aliphatic rings. The maximum Gasteiger partial charge on any atom is 0.333 e. The third-order valence-corrected chi connectivity index (χ3v) is 13.8. The summed E-state index contributed by atoms with van der Waals surface area (Å²) in [7, 11) is 2.14. The van der Waals surface area contributed by atoms with Gasteiger partial charge in [0.05, 0.1) is 71.4 Å². The minimum absolute atomic E-state index is 0.144. The standard InChI is InChI=1S/C26H29N7O3.C25H27N7O3/c1-31-9-11-32(12-10-31)18-7-5-17(6-8-18)23-22-24(29-28-23)19-3-2-4-20(21(19)25(22)34)27-26(35)30-33-13-15-36-16-14-33;33-24-20-18(2-1-3-19(20)27-25(34)30-32-12-14-35-15-13-32)23-21(24)22(28-29-23)16-4-6-17(7-5-16)31-10-8-26-9-11-31/h2-8H,9-16H2,1H3,(H,28,29)(H2,27,30,35);1-7,26H,8-15H2,(H,28,29)(H2,27,30,34). The van der Waals surface area contributed by atoms with E-state index in [4.69, 9.17) is 9.47 Å². The number of nitrogens with zero attached hydrogens (tertiary/aromatic N) is 7. The fourth-order valence-corrected chi connectivity index (χ4v) is 9.99. The van der Waals surface area contributed by atoms with E-state index in [-0.39, 0.29) is 23.6 Å². The van der Waals surface area contributed by atoms with Crippen LogP contribution in [0.4, 0.5) is 32.3 Å². The zero-order valence-corrected chi connectivity index (χ0v) is 39.5. The average Bonchev–Trinajstić information content (AvgIpc) is 4.18. The lowest BCUT2D eigenvalue weighted by molar-refractivity contribution is 0.0206. The van der Waals surface area contributed by atoms with Crippen LogP contribution in [0.5, 0.6) is 0 Å². The lowest BCUT2D eigenvalue weighted by Gasteiger charge is -2.34. The van der Waals surface area contributed by atoms with E-state index in [1.807, 2.05) is 48.5 Å². The van der Waals surface area contributed by atoms with Crippen molar-refractivity contribution in [3.63, 3.8) is 0 Å². The number of hydrogen-bond acceptors (Lipinski definition) is 14. The predicted octanol–water partition coefficient (Wildman–Crippen LogP) is 4.48. The lowest BCUT2D eigenvalue weighted by atomic mass is 10.0. The second kappa shape index (κ2) is 20.1. The SMILES string of the molecule is CN1CCN(c2ccc(-c3n[nH]c4c3C(=O)c3c(NC(=O)NN5CCOCC5)cccc3-4)cc2)CC1.O=C(Nc1cccc2c1C(=O)c1c(-c3ccc(N4CCNCC4)cc3)n[nH]c1-2)NN1CCOCC1. The first-order valence-corrected chi connectivity index (χ1v) is 24.2. The number of amides is 4. The van der Waals surface area contributed by atoms with Crippen LogP contribution in [0, 0.1) is 0 Å². The Kier molecular flexibility index (Phi) is 13.0. The van der Waals surface area contributed by atoms with Crippen molar-refractivity contribution in [3.8, 4) is 45.0 Å². The Morgan fingerprint density at radius 1 is 0.521 bits per heavy atom. The molecule has 7 N–H and O–H groups in total. The summed E-state index contributed by atoms with van der Waals surface area (Å²) in [5.74, 6) is -0.290. The minimum atomic E-state index is -0.384. The van der Waals surface area contributed by atoms with Crippen molar-refractivity contribution in [1.29, 1.82) is 0 Å². The van der Waals surface area contributed by atoms with Crippen LogP contribution in [0.3, 0.4) is 0 Å². The van der Waals surface area contributed by atoms with Crippen LogP contribution >= 0.6 is 0 Å². The maximum atomic E-state index is 13.6. The highest BCUT2D eigenvalue weighted by atomic mass is 16.5. The van der Waals surface area contributed by atoms with Gasteiger partial charge in [-0.2, -0.15) is 10.2 Å². The highest BCUT2D eigenvalue weighted by molar-refractivity contribution is 6.28. The molecule has 0 bridgehead atoms. The number of urea groups is 2. The fraction of sp³-hybridized carbons (Fsp3) is 0.333. The van der Waals surface area contributed by atoms with Crippen LogP contribution < -0.4 is 36.6 Å². The van der Waals surface area contributed by atoms with Gasteiger partial charge in [-0.3, -0.25) is 30.6 Å². The smallest absolute Gasteiger partial charge is 0.333 e. The Bertz CT molecular complexity index is 2950. The Morgan fingerprint density at radius 2 is 0.944 bits per heavy atom. The van der Waals surface area contributed by atoms with Crippen molar-refractivity contribution in [3.05, 3.63) is 107 Å². The normalized spacial score (nSPS) is 17.9. The van der Waals surface area contributed by atoms with Crippen molar-refractivity contribution in [2.24, 2.45) is 0 Å². The van der Waals surface area contributed by atoms with Crippen LogP contribution in [0.15, 0.2) is 84.9 Å². The number of benzene rings is 4. The number of aromatic amines is 2. The van der Waals surface area contributed by atoms with E-state index in [1.54, 1.807) is 22.2 Å². The second-order valence-corrected chi connectivity index (χ2v) is 18.2. The number of nitrogens with one attached hydrogen (secondary N) is 7. The molecule has 4 aliphatic heterocycles. The van der Waals surface area contributed by atoms with Crippen molar-refractivity contribution in [2.75, 3.05) is 132 Å². The molecule has 71 heavy (non-hydrogen) atoms. The second-order valence-electron chi connectivity index (χ2n) is 18.2. The van der Waals surface area contributed by atoms with Gasteiger partial charge in [0, 0.05) is 112 Å². The number of ether oxygens (including phenoxy) is 2. The largest absolute Gasteiger partial charge is 0.379 e. The Balaban J connectivity index is 0.000000154. The molecule has 0 saturated carbocycles. The zero-order valence-electron chi connectivity index (χ0n) is 39.5. The molecule has 0 unspecified atom stereocenters. The van der Waals surface area contributed by atoms with Gasteiger partial charge in [0.25, 0.3) is 0 Å². The van der Waals surface area contributed by atoms with Crippen LogP contribution in [0.1, 0.15) is 31.8 Å². The van der Waals surface area contributed by atoms with Crippen molar-refractivity contribution < 1.29 is 28.7 Å².